The quantitative estimate of drug-likeness (QED) is 0.300. The van der Waals surface area contributed by atoms with Crippen LogP contribution in [0.15, 0.2) is 54.6 Å². The molecule has 0 saturated heterocycles. The Morgan fingerprint density at radius 1 is 0.432 bits per heavy atom. The van der Waals surface area contributed by atoms with Crippen LogP contribution in [0, 0.1) is 16.2 Å². The molecule has 0 aromatic carbocycles. The van der Waals surface area contributed by atoms with Gasteiger partial charge < -0.3 is 0 Å². The molecule has 37 heavy (non-hydrogen) atoms. The zero-order valence-electron chi connectivity index (χ0n) is 24.7. The van der Waals surface area contributed by atoms with E-state index in [2.05, 4.69) is 122 Å². The van der Waals surface area contributed by atoms with Crippen LogP contribution in [0.4, 0.5) is 0 Å². The van der Waals surface area contributed by atoms with Gasteiger partial charge >= 0.3 is 0 Å². The minimum absolute atomic E-state index is 0.208. The molecule has 0 aliphatic rings. The molecule has 0 aliphatic carbocycles. The Morgan fingerprint density at radius 2 is 0.676 bits per heavy atom. The molecule has 0 atom stereocenters. The molecule has 200 valence electrons. The van der Waals surface area contributed by atoms with Crippen molar-refractivity contribution in [3.8, 4) is 0 Å². The van der Waals surface area contributed by atoms with Crippen molar-refractivity contribution < 1.29 is 0 Å². The summed E-state index contributed by atoms with van der Waals surface area (Å²) in [5.74, 6) is 0. The number of hydrogen-bond acceptors (Lipinski definition) is 4. The minimum Gasteiger partial charge on any atom is -0.286 e. The summed E-state index contributed by atoms with van der Waals surface area (Å²) in [6.07, 6.45) is 2.90. The Kier molecular flexibility index (Phi) is 9.28. The van der Waals surface area contributed by atoms with Crippen molar-refractivity contribution in [3.63, 3.8) is 0 Å². The number of hydrogen-bond donors (Lipinski definition) is 0. The molecule has 3 aromatic heterocycles. The van der Waals surface area contributed by atoms with Crippen LogP contribution in [0.3, 0.4) is 0 Å². The van der Waals surface area contributed by atoms with E-state index in [-0.39, 0.29) is 16.2 Å². The summed E-state index contributed by atoms with van der Waals surface area (Å²) in [6.45, 7) is 22.7. The van der Waals surface area contributed by atoms with Crippen LogP contribution in [0.2, 0.25) is 0 Å². The molecule has 3 heterocycles. The van der Waals surface area contributed by atoms with Gasteiger partial charge in [-0.05, 0) is 71.9 Å². The van der Waals surface area contributed by atoms with Crippen LogP contribution in [-0.4, -0.2) is 19.9 Å². The van der Waals surface area contributed by atoms with Gasteiger partial charge in [0, 0.05) is 36.7 Å². The molecule has 3 rings (SSSR count). The third-order valence-corrected chi connectivity index (χ3v) is 5.88. The Bertz CT molecular complexity index is 1000. The van der Waals surface area contributed by atoms with E-state index < -0.39 is 0 Å². The van der Waals surface area contributed by atoms with E-state index in [1.807, 2.05) is 0 Å². The first-order chi connectivity index (χ1) is 17.1. The number of pyridine rings is 3. The van der Waals surface area contributed by atoms with Crippen LogP contribution in [0.1, 0.15) is 96.5 Å². The van der Waals surface area contributed by atoms with E-state index in [0.29, 0.717) is 0 Å². The Labute approximate surface area is 226 Å². The molecule has 0 radical (unpaired) electrons. The van der Waals surface area contributed by atoms with Gasteiger partial charge in [-0.2, -0.15) is 0 Å². The van der Waals surface area contributed by atoms with Crippen LogP contribution in [-0.2, 0) is 38.9 Å². The summed E-state index contributed by atoms with van der Waals surface area (Å²) in [5.41, 5.74) is 7.37. The van der Waals surface area contributed by atoms with Gasteiger partial charge in [0.15, 0.2) is 0 Å². The second-order valence-electron chi connectivity index (χ2n) is 14.2. The highest BCUT2D eigenvalue weighted by Crippen LogP contribution is 2.23. The summed E-state index contributed by atoms with van der Waals surface area (Å²) in [4.78, 5) is 17.5. The topological polar surface area (TPSA) is 41.9 Å². The summed E-state index contributed by atoms with van der Waals surface area (Å²) in [5, 5.41) is 0. The molecule has 0 fully saturated rings. The van der Waals surface area contributed by atoms with Crippen molar-refractivity contribution in [1.82, 2.24) is 19.9 Å². The molecule has 0 amide bonds. The van der Waals surface area contributed by atoms with Gasteiger partial charge in [-0.15, -0.1) is 0 Å². The predicted octanol–water partition coefficient (Wildman–Crippen LogP) is 7.84. The van der Waals surface area contributed by atoms with Crippen molar-refractivity contribution >= 4 is 0 Å². The maximum atomic E-state index is 5.03. The van der Waals surface area contributed by atoms with Gasteiger partial charge in [-0.1, -0.05) is 80.5 Å². The summed E-state index contributed by atoms with van der Waals surface area (Å²) in [7, 11) is 0. The lowest BCUT2D eigenvalue weighted by atomic mass is 9.90. The van der Waals surface area contributed by atoms with Gasteiger partial charge in [0.25, 0.3) is 0 Å². The Morgan fingerprint density at radius 3 is 0.919 bits per heavy atom. The SMILES string of the molecule is CC(C)(C)Cc1cccc(CN(Cc2cccc(CC(C)(C)C)n2)Cc2cccc(CC(C)(C)C)n2)n1. The number of rotatable bonds is 9. The lowest BCUT2D eigenvalue weighted by Gasteiger charge is -2.24. The molecule has 4 nitrogen and oxygen atoms in total. The van der Waals surface area contributed by atoms with Gasteiger partial charge in [0.05, 0.1) is 17.1 Å². The monoisotopic (exact) mass is 500 g/mol. The third kappa shape index (κ3) is 11.1. The fraction of sp³-hybridized carbons (Fsp3) is 0.545. The first-order valence-corrected chi connectivity index (χ1v) is 13.7. The molecule has 0 N–H and O–H groups in total. The summed E-state index contributed by atoms with van der Waals surface area (Å²) < 4.78 is 0. The molecular weight excluding hydrogens is 452 g/mol. The molecule has 0 bridgehead atoms. The zero-order valence-corrected chi connectivity index (χ0v) is 24.7. The van der Waals surface area contributed by atoms with E-state index in [0.717, 1.165) is 73.1 Å². The van der Waals surface area contributed by atoms with Gasteiger partial charge in [-0.25, -0.2) is 0 Å². The average molecular weight is 501 g/mol. The van der Waals surface area contributed by atoms with Crippen molar-refractivity contribution in [3.05, 3.63) is 88.8 Å². The molecule has 0 aliphatic heterocycles. The first kappa shape index (κ1) is 29.0. The minimum atomic E-state index is 0.208. The van der Waals surface area contributed by atoms with Crippen LogP contribution in [0.5, 0.6) is 0 Å². The van der Waals surface area contributed by atoms with E-state index in [4.69, 9.17) is 15.0 Å². The highest BCUT2D eigenvalue weighted by molar-refractivity contribution is 5.16. The van der Waals surface area contributed by atoms with E-state index >= 15 is 0 Å². The van der Waals surface area contributed by atoms with Gasteiger partial charge in [0.2, 0.25) is 0 Å². The maximum Gasteiger partial charge on any atom is 0.0547 e. The lowest BCUT2D eigenvalue weighted by molar-refractivity contribution is 0.237. The van der Waals surface area contributed by atoms with Crippen molar-refractivity contribution in [2.75, 3.05) is 0 Å². The summed E-state index contributed by atoms with van der Waals surface area (Å²) in [6, 6.07) is 19.3. The predicted molar refractivity (Wildman–Crippen MR) is 155 cm³/mol. The molecule has 4 heteroatoms. The number of nitrogens with zero attached hydrogens (tertiary/aromatic N) is 4. The van der Waals surface area contributed by atoms with Crippen LogP contribution in [0.25, 0.3) is 0 Å². The summed E-state index contributed by atoms with van der Waals surface area (Å²) >= 11 is 0. The Balaban J connectivity index is 1.86. The molecular formula is C33H48N4. The van der Waals surface area contributed by atoms with Crippen LogP contribution >= 0.6 is 0 Å². The second kappa shape index (κ2) is 11.9. The van der Waals surface area contributed by atoms with Crippen molar-refractivity contribution in [1.29, 1.82) is 0 Å². The van der Waals surface area contributed by atoms with Gasteiger partial charge in [-0.3, -0.25) is 19.9 Å². The largest absolute Gasteiger partial charge is 0.286 e. The Hall–Kier alpha value is -2.59. The second-order valence-corrected chi connectivity index (χ2v) is 14.2. The average Bonchev–Trinajstić information content (AvgIpc) is 2.71. The van der Waals surface area contributed by atoms with E-state index in [1.54, 1.807) is 0 Å². The van der Waals surface area contributed by atoms with Gasteiger partial charge in [0.1, 0.15) is 0 Å². The smallest absolute Gasteiger partial charge is 0.0547 e. The normalized spacial score (nSPS) is 12.8. The fourth-order valence-electron chi connectivity index (χ4n) is 4.63. The van der Waals surface area contributed by atoms with Crippen molar-refractivity contribution in [2.24, 2.45) is 16.2 Å². The van der Waals surface area contributed by atoms with E-state index in [9.17, 15) is 0 Å². The first-order valence-electron chi connectivity index (χ1n) is 13.7. The number of aromatic nitrogens is 3. The third-order valence-electron chi connectivity index (χ3n) is 5.88. The zero-order chi connectivity index (χ0) is 27.3. The lowest BCUT2D eigenvalue weighted by Crippen LogP contribution is -2.25. The molecule has 0 unspecified atom stereocenters. The van der Waals surface area contributed by atoms with E-state index in [1.165, 1.54) is 0 Å². The highest BCUT2D eigenvalue weighted by atomic mass is 15.1. The van der Waals surface area contributed by atoms with Crippen LogP contribution < -0.4 is 0 Å². The van der Waals surface area contributed by atoms with Crippen molar-refractivity contribution in [2.45, 2.75) is 101 Å². The fourth-order valence-corrected chi connectivity index (χ4v) is 4.63. The molecule has 0 saturated carbocycles. The standard InChI is InChI=1S/C33H48N4/c1-31(2,3)19-25-13-10-16-28(34-25)22-37(23-29-17-11-14-26(35-29)20-32(4,5)6)24-30-18-12-15-27(36-30)21-33(7,8)9/h10-18H,19-24H2,1-9H3. The highest BCUT2D eigenvalue weighted by Gasteiger charge is 2.17. The molecule has 3 aromatic rings. The maximum absolute atomic E-state index is 5.03. The molecule has 0 spiro atoms.